The minimum atomic E-state index is -4.10. The molecule has 0 heterocycles. The zero-order valence-corrected chi connectivity index (χ0v) is 36.8. The van der Waals surface area contributed by atoms with Gasteiger partial charge in [0.15, 0.2) is 0 Å². The quantitative estimate of drug-likeness (QED) is 0.106. The van der Waals surface area contributed by atoms with E-state index in [1.807, 2.05) is 151 Å². The number of benzene rings is 5. The number of aliphatic hydroxyl groups is 1. The Morgan fingerprint density at radius 3 is 1.64 bits per heavy atom. The van der Waals surface area contributed by atoms with Gasteiger partial charge in [-0.25, -0.2) is 8.42 Å². The van der Waals surface area contributed by atoms with Crippen LogP contribution >= 0.6 is 11.8 Å². The van der Waals surface area contributed by atoms with Gasteiger partial charge >= 0.3 is 0 Å². The Hall–Kier alpha value is -3.83. The number of aryl methyl sites for hydroxylation is 3. The SMILES string of the molecule is Cc1cc(C)c(S(=O)(=O)N(Cc2ccccc2)[C@H](C)[C@@H](SC(=O)[C@@H](O[Si](c2ccccc2)(c2ccccc2)C(C)(C)C)[C@@H](O)C(C)C)c2ccccc2)c(C)c1. The number of hydrogen-bond donors (Lipinski definition) is 1. The number of carbonyl (C=O) groups excluding carboxylic acids is 1. The van der Waals surface area contributed by atoms with E-state index in [1.165, 1.54) is 0 Å². The molecule has 0 bridgehead atoms. The molecule has 0 aliphatic heterocycles. The minimum absolute atomic E-state index is 0.103. The fourth-order valence-corrected chi connectivity index (χ4v) is 15.9. The van der Waals surface area contributed by atoms with Crippen LogP contribution in [0.2, 0.25) is 5.04 Å². The first-order valence-corrected chi connectivity index (χ1v) is 23.6. The second-order valence-electron chi connectivity index (χ2n) is 16.2. The highest BCUT2D eigenvalue weighted by atomic mass is 32.2. The summed E-state index contributed by atoms with van der Waals surface area (Å²) in [6, 6.07) is 42.4. The predicted molar refractivity (Wildman–Crippen MR) is 234 cm³/mol. The van der Waals surface area contributed by atoms with Crippen molar-refractivity contribution in [2.45, 2.75) is 102 Å². The minimum Gasteiger partial charge on any atom is -0.394 e. The Morgan fingerprint density at radius 2 is 1.20 bits per heavy atom. The molecule has 0 radical (unpaired) electrons. The third-order valence-corrected chi connectivity index (χ3v) is 19.2. The van der Waals surface area contributed by atoms with Crippen LogP contribution in [0.15, 0.2) is 138 Å². The van der Waals surface area contributed by atoms with Crippen molar-refractivity contribution in [1.82, 2.24) is 4.31 Å². The molecule has 0 saturated carbocycles. The molecule has 0 amide bonds. The molecule has 6 nitrogen and oxygen atoms in total. The lowest BCUT2D eigenvalue weighted by atomic mass is 10.0. The van der Waals surface area contributed by atoms with E-state index >= 15 is 13.2 Å². The molecular formula is C47H57NO5S2Si. The van der Waals surface area contributed by atoms with Gasteiger partial charge in [0.1, 0.15) is 6.10 Å². The summed E-state index contributed by atoms with van der Waals surface area (Å²) in [7, 11) is -7.41. The van der Waals surface area contributed by atoms with Gasteiger partial charge in [-0.1, -0.05) is 185 Å². The van der Waals surface area contributed by atoms with Gasteiger partial charge in [0, 0.05) is 12.6 Å². The zero-order valence-electron chi connectivity index (χ0n) is 34.1. The van der Waals surface area contributed by atoms with E-state index in [2.05, 4.69) is 45.0 Å². The lowest BCUT2D eigenvalue weighted by molar-refractivity contribution is -0.124. The van der Waals surface area contributed by atoms with Crippen molar-refractivity contribution >= 4 is 45.6 Å². The summed E-state index contributed by atoms with van der Waals surface area (Å²) in [6.07, 6.45) is -2.35. The van der Waals surface area contributed by atoms with E-state index < -0.39 is 46.9 Å². The van der Waals surface area contributed by atoms with E-state index in [9.17, 15) is 5.11 Å². The number of thioether (sulfide) groups is 1. The van der Waals surface area contributed by atoms with Crippen LogP contribution in [0, 0.1) is 26.7 Å². The summed E-state index contributed by atoms with van der Waals surface area (Å²) in [5.74, 6) is -0.308. The maximum absolute atomic E-state index is 15.2. The highest BCUT2D eigenvalue weighted by molar-refractivity contribution is 8.14. The van der Waals surface area contributed by atoms with Crippen molar-refractivity contribution in [1.29, 1.82) is 0 Å². The van der Waals surface area contributed by atoms with Gasteiger partial charge < -0.3 is 9.53 Å². The monoisotopic (exact) mass is 807 g/mol. The van der Waals surface area contributed by atoms with Crippen LogP contribution in [0.5, 0.6) is 0 Å². The number of rotatable bonds is 15. The average molecular weight is 808 g/mol. The smallest absolute Gasteiger partial charge is 0.262 e. The van der Waals surface area contributed by atoms with Crippen molar-refractivity contribution in [3.63, 3.8) is 0 Å². The molecule has 0 saturated heterocycles. The van der Waals surface area contributed by atoms with Crippen LogP contribution in [0.25, 0.3) is 0 Å². The van der Waals surface area contributed by atoms with Gasteiger partial charge in [-0.2, -0.15) is 4.31 Å². The topological polar surface area (TPSA) is 83.9 Å². The van der Waals surface area contributed by atoms with E-state index in [4.69, 9.17) is 4.43 Å². The van der Waals surface area contributed by atoms with Gasteiger partial charge in [-0.3, -0.25) is 4.79 Å². The third kappa shape index (κ3) is 9.30. The first-order valence-electron chi connectivity index (χ1n) is 19.3. The number of carbonyl (C=O) groups is 1. The highest BCUT2D eigenvalue weighted by Crippen LogP contribution is 2.43. The predicted octanol–water partition coefficient (Wildman–Crippen LogP) is 9.15. The van der Waals surface area contributed by atoms with Gasteiger partial charge in [-0.15, -0.1) is 0 Å². The molecule has 296 valence electrons. The van der Waals surface area contributed by atoms with E-state index in [0.717, 1.165) is 38.8 Å². The van der Waals surface area contributed by atoms with Crippen LogP contribution < -0.4 is 10.4 Å². The molecule has 0 aromatic heterocycles. The fourth-order valence-electron chi connectivity index (χ4n) is 7.82. The molecular weight excluding hydrogens is 751 g/mol. The van der Waals surface area contributed by atoms with Crippen molar-refractivity contribution in [3.8, 4) is 0 Å². The number of aliphatic hydroxyl groups excluding tert-OH is 1. The van der Waals surface area contributed by atoms with E-state index in [1.54, 1.807) is 4.31 Å². The number of sulfonamides is 1. The van der Waals surface area contributed by atoms with Crippen molar-refractivity contribution < 1.29 is 22.7 Å². The summed E-state index contributed by atoms with van der Waals surface area (Å²) >= 11 is 1.05. The molecule has 0 aliphatic rings. The second kappa shape index (κ2) is 18.2. The molecule has 9 heteroatoms. The first kappa shape index (κ1) is 43.3. The molecule has 5 aromatic rings. The Morgan fingerprint density at radius 1 is 0.750 bits per heavy atom. The second-order valence-corrected chi connectivity index (χ2v) is 23.4. The lowest BCUT2D eigenvalue weighted by Gasteiger charge is -2.46. The molecule has 0 unspecified atom stereocenters. The van der Waals surface area contributed by atoms with Crippen LogP contribution in [-0.2, 0) is 25.8 Å². The maximum Gasteiger partial charge on any atom is 0.262 e. The molecule has 5 aromatic carbocycles. The Bertz CT molecular complexity index is 2100. The van der Waals surface area contributed by atoms with Gasteiger partial charge in [0.25, 0.3) is 8.32 Å². The van der Waals surface area contributed by atoms with Crippen LogP contribution in [-0.4, -0.2) is 49.5 Å². The lowest BCUT2D eigenvalue weighted by Crippen LogP contribution is -2.69. The zero-order chi connectivity index (χ0) is 40.8. The molecule has 56 heavy (non-hydrogen) atoms. The largest absolute Gasteiger partial charge is 0.394 e. The van der Waals surface area contributed by atoms with E-state index in [0.29, 0.717) is 11.1 Å². The summed E-state index contributed by atoms with van der Waals surface area (Å²) in [5.41, 5.74) is 3.96. The fraction of sp³-hybridized carbons (Fsp3) is 0.340. The van der Waals surface area contributed by atoms with Crippen molar-refractivity contribution in [2.24, 2.45) is 5.92 Å². The standard InChI is InChI=1S/C47H57NO5S2Si/c1-33(2)42(49)43(53-56(47(7,8)9,40-26-18-12-19-27-40)41-28-20-13-21-29-41)46(50)54-44(39-24-16-11-17-25-39)37(6)48(32-38-22-14-10-15-23-38)55(51,52)45-35(4)30-34(3)31-36(45)5/h10-31,33,37,42-44,49H,32H2,1-9H3/t37-,42+,43+,44-/m1/s1. The average Bonchev–Trinajstić information content (AvgIpc) is 3.16. The highest BCUT2D eigenvalue weighted by Gasteiger charge is 2.54. The molecule has 4 atom stereocenters. The maximum atomic E-state index is 15.2. The van der Waals surface area contributed by atoms with Crippen molar-refractivity contribution in [3.05, 3.63) is 161 Å². The molecule has 1 N–H and O–H groups in total. The number of nitrogens with zero attached hydrogens (tertiary/aromatic N) is 1. The van der Waals surface area contributed by atoms with Crippen LogP contribution in [0.1, 0.15) is 74.6 Å². The molecule has 0 aliphatic carbocycles. The summed E-state index contributed by atoms with van der Waals surface area (Å²) in [4.78, 5) is 15.5. The van der Waals surface area contributed by atoms with Crippen LogP contribution in [0.3, 0.4) is 0 Å². The molecule has 0 spiro atoms. The molecule has 0 fully saturated rings. The van der Waals surface area contributed by atoms with Crippen LogP contribution in [0.4, 0.5) is 0 Å². The molecule has 5 rings (SSSR count). The summed E-state index contributed by atoms with van der Waals surface area (Å²) < 4.78 is 39.1. The summed E-state index contributed by atoms with van der Waals surface area (Å²) in [6.45, 7) is 17.8. The van der Waals surface area contributed by atoms with Gasteiger partial charge in [0.05, 0.1) is 16.2 Å². The Kier molecular flexibility index (Phi) is 14.1. The van der Waals surface area contributed by atoms with E-state index in [-0.39, 0.29) is 22.5 Å². The summed E-state index contributed by atoms with van der Waals surface area (Å²) in [5, 5.41) is 12.6. The number of hydrogen-bond acceptors (Lipinski definition) is 6. The van der Waals surface area contributed by atoms with Crippen molar-refractivity contribution in [2.75, 3.05) is 0 Å². The third-order valence-electron chi connectivity index (χ3n) is 10.6. The van der Waals surface area contributed by atoms with Gasteiger partial charge in [-0.05, 0) is 71.3 Å². The Labute approximate surface area is 340 Å². The first-order chi connectivity index (χ1) is 26.5. The van der Waals surface area contributed by atoms with Gasteiger partial charge in [0.2, 0.25) is 15.1 Å². The normalized spacial score (nSPS) is 14.7. The Balaban J connectivity index is 1.66.